The fourth-order valence-corrected chi connectivity index (χ4v) is 3.91. The second-order valence-corrected chi connectivity index (χ2v) is 8.21. The number of hydrogen-bond acceptors (Lipinski definition) is 6. The number of fused-ring (bicyclic) bond motifs is 1. The van der Waals surface area contributed by atoms with Crippen LogP contribution in [0.25, 0.3) is 11.0 Å². The standard InChI is InChI=1S/C23H29NO6/c1-13-6-5-7-19(15(13)3)24-23(27)16(4)29-22(26)12-28-17-8-9-18-14(2)10-21(25)30-20(18)11-17/h8-11,13,15-16,19H,5-7,12H2,1-4H3,(H,24,27)/t13-,15-,16+,19+/m0/s1. The number of amides is 1. The van der Waals surface area contributed by atoms with E-state index in [0.29, 0.717) is 23.2 Å². The minimum atomic E-state index is -0.900. The van der Waals surface area contributed by atoms with E-state index in [1.165, 1.54) is 12.5 Å². The molecule has 0 saturated heterocycles. The second kappa shape index (κ2) is 9.32. The largest absolute Gasteiger partial charge is 0.482 e. The van der Waals surface area contributed by atoms with Gasteiger partial charge in [0.15, 0.2) is 12.7 Å². The smallest absolute Gasteiger partial charge is 0.344 e. The van der Waals surface area contributed by atoms with Crippen LogP contribution in [0.4, 0.5) is 0 Å². The van der Waals surface area contributed by atoms with Crippen LogP contribution in [0.2, 0.25) is 0 Å². The van der Waals surface area contributed by atoms with Crippen LogP contribution in [-0.2, 0) is 14.3 Å². The van der Waals surface area contributed by atoms with Gasteiger partial charge in [0, 0.05) is 23.6 Å². The Morgan fingerprint density at radius 1 is 1.23 bits per heavy atom. The first kappa shape index (κ1) is 21.9. The summed E-state index contributed by atoms with van der Waals surface area (Å²) in [5.41, 5.74) is 0.737. The van der Waals surface area contributed by atoms with E-state index in [1.54, 1.807) is 25.1 Å². The lowest BCUT2D eigenvalue weighted by Gasteiger charge is -2.35. The van der Waals surface area contributed by atoms with E-state index in [2.05, 4.69) is 19.2 Å². The molecule has 7 nitrogen and oxygen atoms in total. The first-order chi connectivity index (χ1) is 14.2. The van der Waals surface area contributed by atoms with Crippen molar-refractivity contribution in [3.05, 3.63) is 40.2 Å². The summed E-state index contributed by atoms with van der Waals surface area (Å²) in [6.07, 6.45) is 2.30. The van der Waals surface area contributed by atoms with Gasteiger partial charge in [0.1, 0.15) is 11.3 Å². The molecule has 0 bridgehead atoms. The zero-order valence-electron chi connectivity index (χ0n) is 17.9. The van der Waals surface area contributed by atoms with Gasteiger partial charge in [-0.1, -0.05) is 26.7 Å². The molecule has 162 valence electrons. The van der Waals surface area contributed by atoms with E-state index < -0.39 is 17.7 Å². The first-order valence-corrected chi connectivity index (χ1v) is 10.4. The monoisotopic (exact) mass is 415 g/mol. The zero-order valence-corrected chi connectivity index (χ0v) is 17.9. The Labute approximate surface area is 175 Å². The Balaban J connectivity index is 1.52. The molecule has 0 aliphatic heterocycles. The second-order valence-electron chi connectivity index (χ2n) is 8.21. The molecule has 1 aromatic heterocycles. The molecule has 2 aromatic rings. The van der Waals surface area contributed by atoms with Crippen molar-refractivity contribution in [1.82, 2.24) is 5.32 Å². The van der Waals surface area contributed by atoms with Gasteiger partial charge >= 0.3 is 11.6 Å². The number of benzene rings is 1. The molecule has 1 N–H and O–H groups in total. The van der Waals surface area contributed by atoms with Crippen LogP contribution in [-0.4, -0.2) is 30.6 Å². The van der Waals surface area contributed by atoms with Crippen LogP contribution in [0.5, 0.6) is 5.75 Å². The van der Waals surface area contributed by atoms with Crippen molar-refractivity contribution in [1.29, 1.82) is 0 Å². The van der Waals surface area contributed by atoms with Gasteiger partial charge in [0.05, 0.1) is 0 Å². The SMILES string of the molecule is Cc1cc(=O)oc2cc(OCC(=O)O[C@H](C)C(=O)N[C@@H]3CCC[C@H](C)[C@@H]3C)ccc12. The number of carbonyl (C=O) groups is 2. The third-order valence-corrected chi connectivity index (χ3v) is 5.99. The topological polar surface area (TPSA) is 94.8 Å². The maximum atomic E-state index is 12.4. The number of hydrogen-bond donors (Lipinski definition) is 1. The Morgan fingerprint density at radius 3 is 2.77 bits per heavy atom. The molecule has 1 heterocycles. The van der Waals surface area contributed by atoms with Gasteiger partial charge in [0.25, 0.3) is 5.91 Å². The molecule has 1 aliphatic carbocycles. The molecular weight excluding hydrogens is 386 g/mol. The van der Waals surface area contributed by atoms with E-state index >= 15 is 0 Å². The average Bonchev–Trinajstić information content (AvgIpc) is 2.69. The fourth-order valence-electron chi connectivity index (χ4n) is 3.91. The van der Waals surface area contributed by atoms with Crippen LogP contribution in [0.1, 0.15) is 45.6 Å². The highest BCUT2D eigenvalue weighted by molar-refractivity contribution is 5.84. The highest BCUT2D eigenvalue weighted by atomic mass is 16.6. The number of nitrogens with one attached hydrogen (secondary N) is 1. The molecule has 4 atom stereocenters. The summed E-state index contributed by atoms with van der Waals surface area (Å²) in [6.45, 7) is 7.36. The van der Waals surface area contributed by atoms with Gasteiger partial charge in [-0.05, 0) is 49.8 Å². The van der Waals surface area contributed by atoms with Gasteiger partial charge in [-0.15, -0.1) is 0 Å². The predicted octanol–water partition coefficient (Wildman–Crippen LogP) is 3.35. The molecule has 3 rings (SSSR count). The molecule has 7 heteroatoms. The van der Waals surface area contributed by atoms with Crippen LogP contribution in [0.3, 0.4) is 0 Å². The highest BCUT2D eigenvalue weighted by Crippen LogP contribution is 2.29. The first-order valence-electron chi connectivity index (χ1n) is 10.4. The van der Waals surface area contributed by atoms with Gasteiger partial charge < -0.3 is 19.2 Å². The summed E-state index contributed by atoms with van der Waals surface area (Å²) < 4.78 is 15.8. The van der Waals surface area contributed by atoms with Crippen LogP contribution in [0.15, 0.2) is 33.5 Å². The van der Waals surface area contributed by atoms with E-state index in [1.807, 2.05) is 6.92 Å². The van der Waals surface area contributed by atoms with Crippen molar-refractivity contribution >= 4 is 22.8 Å². The number of ether oxygens (including phenoxy) is 2. The maximum Gasteiger partial charge on any atom is 0.344 e. The summed E-state index contributed by atoms with van der Waals surface area (Å²) >= 11 is 0. The van der Waals surface area contributed by atoms with Crippen molar-refractivity contribution < 1.29 is 23.5 Å². The summed E-state index contributed by atoms with van der Waals surface area (Å²) in [5.74, 6) is 0.386. The normalized spacial score (nSPS) is 22.3. The lowest BCUT2D eigenvalue weighted by atomic mass is 9.78. The Hall–Kier alpha value is -2.83. The van der Waals surface area contributed by atoms with Crippen LogP contribution in [0, 0.1) is 18.8 Å². The Bertz CT molecular complexity index is 981. The van der Waals surface area contributed by atoms with Gasteiger partial charge in [-0.3, -0.25) is 4.79 Å². The molecule has 0 unspecified atom stereocenters. The Morgan fingerprint density at radius 2 is 2.00 bits per heavy atom. The lowest BCUT2D eigenvalue weighted by molar-refractivity contribution is -0.157. The fraction of sp³-hybridized carbons (Fsp3) is 0.522. The van der Waals surface area contributed by atoms with Crippen LogP contribution < -0.4 is 15.7 Å². The van der Waals surface area contributed by atoms with Gasteiger partial charge in [-0.25, -0.2) is 9.59 Å². The molecule has 0 radical (unpaired) electrons. The van der Waals surface area contributed by atoms with E-state index in [0.717, 1.165) is 23.8 Å². The van der Waals surface area contributed by atoms with Gasteiger partial charge in [0.2, 0.25) is 0 Å². The summed E-state index contributed by atoms with van der Waals surface area (Å²) in [7, 11) is 0. The number of rotatable bonds is 6. The molecule has 1 saturated carbocycles. The summed E-state index contributed by atoms with van der Waals surface area (Å²) in [6, 6.07) is 6.52. The molecule has 0 spiro atoms. The summed E-state index contributed by atoms with van der Waals surface area (Å²) in [4.78, 5) is 36.1. The van der Waals surface area contributed by atoms with Crippen molar-refractivity contribution in [2.24, 2.45) is 11.8 Å². The third-order valence-electron chi connectivity index (χ3n) is 5.99. The van der Waals surface area contributed by atoms with E-state index in [-0.39, 0.29) is 18.6 Å². The molecular formula is C23H29NO6. The molecule has 1 aliphatic rings. The molecule has 1 aromatic carbocycles. The van der Waals surface area contributed by atoms with Crippen molar-refractivity contribution in [2.45, 2.75) is 59.1 Å². The quantitative estimate of drug-likeness (QED) is 0.574. The number of aryl methyl sites for hydroxylation is 1. The van der Waals surface area contributed by atoms with E-state index in [9.17, 15) is 14.4 Å². The molecule has 1 amide bonds. The highest BCUT2D eigenvalue weighted by Gasteiger charge is 2.30. The lowest BCUT2D eigenvalue weighted by Crippen LogP contribution is -2.47. The van der Waals surface area contributed by atoms with Crippen LogP contribution >= 0.6 is 0 Å². The number of carbonyl (C=O) groups excluding carboxylic acids is 2. The van der Waals surface area contributed by atoms with Crippen molar-refractivity contribution in [2.75, 3.05) is 6.61 Å². The van der Waals surface area contributed by atoms with Crippen molar-refractivity contribution in [3.63, 3.8) is 0 Å². The summed E-state index contributed by atoms with van der Waals surface area (Å²) in [5, 5.41) is 3.80. The van der Waals surface area contributed by atoms with Crippen molar-refractivity contribution in [3.8, 4) is 5.75 Å². The third kappa shape index (κ3) is 5.20. The Kier molecular flexibility index (Phi) is 6.80. The number of esters is 1. The minimum Gasteiger partial charge on any atom is -0.482 e. The van der Waals surface area contributed by atoms with E-state index in [4.69, 9.17) is 13.9 Å². The predicted molar refractivity (Wildman–Crippen MR) is 112 cm³/mol. The average molecular weight is 415 g/mol. The maximum absolute atomic E-state index is 12.4. The molecule has 30 heavy (non-hydrogen) atoms. The zero-order chi connectivity index (χ0) is 21.8. The van der Waals surface area contributed by atoms with Gasteiger partial charge in [-0.2, -0.15) is 0 Å². The minimum absolute atomic E-state index is 0.106. The molecule has 1 fully saturated rings.